The zero-order valence-electron chi connectivity index (χ0n) is 21.5. The summed E-state index contributed by atoms with van der Waals surface area (Å²) in [5.74, 6) is -0.0530. The summed E-state index contributed by atoms with van der Waals surface area (Å²) in [7, 11) is 1.44. The van der Waals surface area contributed by atoms with Crippen molar-refractivity contribution in [2.75, 3.05) is 7.11 Å². The van der Waals surface area contributed by atoms with Crippen LogP contribution in [0, 0.1) is 0 Å². The van der Waals surface area contributed by atoms with E-state index in [9.17, 15) is 30.0 Å². The summed E-state index contributed by atoms with van der Waals surface area (Å²) in [5.41, 5.74) is 0.754. The maximum Gasteiger partial charge on any atom is 0.197 e. The first-order valence-corrected chi connectivity index (χ1v) is 12.4. The van der Waals surface area contributed by atoms with E-state index in [1.165, 1.54) is 37.4 Å². The Morgan fingerprint density at radius 1 is 0.805 bits per heavy atom. The molecular formula is C31H22O10. The van der Waals surface area contributed by atoms with E-state index in [0.717, 1.165) is 6.07 Å². The SMILES string of the molecule is COc1cc(O)c2c(c1)O[C@H](c1ccc(O)c(Oc3ccc(-c4cc(=O)c5c(O)cc(O)cc5o4)cc3)c1)CC2=O. The van der Waals surface area contributed by atoms with Crippen LogP contribution in [0.4, 0.5) is 0 Å². The quantitative estimate of drug-likeness (QED) is 0.210. The highest BCUT2D eigenvalue weighted by molar-refractivity contribution is 6.02. The summed E-state index contributed by atoms with van der Waals surface area (Å²) in [4.78, 5) is 25.3. The lowest BCUT2D eigenvalue weighted by molar-refractivity contribution is 0.0844. The summed E-state index contributed by atoms with van der Waals surface area (Å²) in [6.45, 7) is 0. The summed E-state index contributed by atoms with van der Waals surface area (Å²) < 4.78 is 22.8. The number of phenolic OH excluding ortho intramolecular Hbond substituents is 4. The van der Waals surface area contributed by atoms with Gasteiger partial charge in [0, 0.05) is 35.9 Å². The number of Topliss-reactive ketones (excluding diaryl/α,β-unsaturated/α-hetero) is 1. The minimum Gasteiger partial charge on any atom is -0.508 e. The van der Waals surface area contributed by atoms with Crippen LogP contribution in [-0.4, -0.2) is 33.3 Å². The first-order chi connectivity index (χ1) is 19.7. The van der Waals surface area contributed by atoms with Gasteiger partial charge < -0.3 is 39.1 Å². The summed E-state index contributed by atoms with van der Waals surface area (Å²) >= 11 is 0. The van der Waals surface area contributed by atoms with Crippen molar-refractivity contribution in [3.8, 4) is 57.3 Å². The number of hydrogen-bond donors (Lipinski definition) is 4. The molecule has 2 heterocycles. The van der Waals surface area contributed by atoms with Gasteiger partial charge in [-0.3, -0.25) is 9.59 Å². The van der Waals surface area contributed by atoms with Crippen LogP contribution in [0.25, 0.3) is 22.3 Å². The normalized spacial score (nSPS) is 14.4. The first-order valence-electron chi connectivity index (χ1n) is 12.4. The lowest BCUT2D eigenvalue weighted by Gasteiger charge is -2.26. The zero-order chi connectivity index (χ0) is 28.8. The zero-order valence-corrected chi connectivity index (χ0v) is 21.5. The summed E-state index contributed by atoms with van der Waals surface area (Å²) in [6.07, 6.45) is -0.723. The largest absolute Gasteiger partial charge is 0.508 e. The number of fused-ring (bicyclic) bond motifs is 2. The predicted octanol–water partition coefficient (Wildman–Crippen LogP) is 5.79. The molecule has 41 heavy (non-hydrogen) atoms. The number of phenols is 4. The third-order valence-corrected chi connectivity index (χ3v) is 6.73. The Balaban J connectivity index is 1.25. The van der Waals surface area contributed by atoms with Crippen molar-refractivity contribution >= 4 is 16.8 Å². The minimum absolute atomic E-state index is 0.0295. The highest BCUT2D eigenvalue weighted by Crippen LogP contribution is 2.43. The second kappa shape index (κ2) is 9.83. The van der Waals surface area contributed by atoms with Gasteiger partial charge in [-0.1, -0.05) is 6.07 Å². The van der Waals surface area contributed by atoms with Gasteiger partial charge in [0.25, 0.3) is 0 Å². The first kappa shape index (κ1) is 25.6. The van der Waals surface area contributed by atoms with Crippen LogP contribution >= 0.6 is 0 Å². The highest BCUT2D eigenvalue weighted by atomic mass is 16.5. The van der Waals surface area contributed by atoms with Gasteiger partial charge in [-0.05, 0) is 42.0 Å². The van der Waals surface area contributed by atoms with Crippen LogP contribution in [0.15, 0.2) is 82.0 Å². The molecule has 0 saturated carbocycles. The van der Waals surface area contributed by atoms with Gasteiger partial charge in [0.2, 0.25) is 0 Å². The Kier molecular flexibility index (Phi) is 6.15. The molecule has 0 unspecified atom stereocenters. The van der Waals surface area contributed by atoms with Crippen molar-refractivity contribution in [1.29, 1.82) is 0 Å². The Labute approximate surface area is 231 Å². The van der Waals surface area contributed by atoms with Gasteiger partial charge >= 0.3 is 0 Å². The van der Waals surface area contributed by atoms with E-state index in [2.05, 4.69) is 0 Å². The number of rotatable bonds is 5. The Bertz CT molecular complexity index is 1890. The van der Waals surface area contributed by atoms with E-state index < -0.39 is 11.5 Å². The van der Waals surface area contributed by atoms with Gasteiger partial charge in [0.1, 0.15) is 62.9 Å². The molecule has 10 nitrogen and oxygen atoms in total. The Morgan fingerprint density at radius 2 is 1.59 bits per heavy atom. The Hall–Kier alpha value is -5.64. The Morgan fingerprint density at radius 3 is 2.34 bits per heavy atom. The van der Waals surface area contributed by atoms with Gasteiger partial charge in [0.15, 0.2) is 22.7 Å². The van der Waals surface area contributed by atoms with Gasteiger partial charge in [-0.25, -0.2) is 0 Å². The number of methoxy groups -OCH3 is 1. The molecule has 5 aromatic rings. The lowest BCUT2D eigenvalue weighted by Crippen LogP contribution is -2.20. The van der Waals surface area contributed by atoms with E-state index in [1.807, 2.05) is 0 Å². The van der Waals surface area contributed by atoms with E-state index in [4.69, 9.17) is 18.6 Å². The van der Waals surface area contributed by atoms with E-state index in [0.29, 0.717) is 22.6 Å². The molecule has 4 N–H and O–H groups in total. The molecule has 1 aromatic heterocycles. The maximum atomic E-state index is 12.8. The van der Waals surface area contributed by atoms with Gasteiger partial charge in [0.05, 0.1) is 13.5 Å². The third kappa shape index (κ3) is 4.71. The van der Waals surface area contributed by atoms with Crippen molar-refractivity contribution in [2.24, 2.45) is 0 Å². The lowest BCUT2D eigenvalue weighted by atomic mass is 9.95. The molecule has 6 rings (SSSR count). The van der Waals surface area contributed by atoms with Crippen molar-refractivity contribution in [3.63, 3.8) is 0 Å². The fraction of sp³-hybridized carbons (Fsp3) is 0.0968. The van der Waals surface area contributed by atoms with Crippen LogP contribution in [0.1, 0.15) is 28.4 Å². The molecule has 206 valence electrons. The predicted molar refractivity (Wildman–Crippen MR) is 146 cm³/mol. The van der Waals surface area contributed by atoms with E-state index in [1.54, 1.807) is 36.4 Å². The average molecular weight is 555 g/mol. The topological polar surface area (TPSA) is 156 Å². The standard InChI is InChI=1S/C31H22O10/c1-38-19-11-22(35)31-24(37)14-26(41-29(31)12-19)16-4-7-20(33)27(8-16)39-18-5-2-15(3-6-18)25-13-23(36)30-21(34)9-17(32)10-28(30)40-25/h2-13,26,32-35H,14H2,1H3/t26-/m0/s1. The molecule has 0 bridgehead atoms. The third-order valence-electron chi connectivity index (χ3n) is 6.73. The second-order valence-corrected chi connectivity index (χ2v) is 9.42. The van der Waals surface area contributed by atoms with Crippen LogP contribution < -0.4 is 19.6 Å². The van der Waals surface area contributed by atoms with Gasteiger partial charge in [-0.15, -0.1) is 0 Å². The number of ketones is 1. The molecule has 0 amide bonds. The molecule has 0 fully saturated rings. The molecule has 1 atom stereocenters. The van der Waals surface area contributed by atoms with E-state index >= 15 is 0 Å². The second-order valence-electron chi connectivity index (χ2n) is 9.42. The maximum absolute atomic E-state index is 12.8. The van der Waals surface area contributed by atoms with Crippen LogP contribution in [-0.2, 0) is 0 Å². The molecule has 0 spiro atoms. The molecule has 1 aliphatic rings. The number of benzene rings is 4. The highest BCUT2D eigenvalue weighted by Gasteiger charge is 2.31. The van der Waals surface area contributed by atoms with E-state index in [-0.39, 0.29) is 69.0 Å². The number of carbonyl (C=O) groups is 1. The molecular weight excluding hydrogens is 532 g/mol. The molecule has 4 aromatic carbocycles. The van der Waals surface area contributed by atoms with Crippen molar-refractivity contribution in [3.05, 3.63) is 94.1 Å². The van der Waals surface area contributed by atoms with Crippen molar-refractivity contribution < 1.29 is 43.8 Å². The molecule has 0 radical (unpaired) electrons. The van der Waals surface area contributed by atoms with Crippen molar-refractivity contribution in [1.82, 2.24) is 0 Å². The molecule has 10 heteroatoms. The number of aromatic hydroxyl groups is 4. The smallest absolute Gasteiger partial charge is 0.197 e. The number of ether oxygens (including phenoxy) is 3. The fourth-order valence-electron chi connectivity index (χ4n) is 4.74. The van der Waals surface area contributed by atoms with Crippen LogP contribution in [0.5, 0.6) is 46.0 Å². The summed E-state index contributed by atoms with van der Waals surface area (Å²) in [6, 6.07) is 17.5. The monoisotopic (exact) mass is 554 g/mol. The van der Waals surface area contributed by atoms with Crippen LogP contribution in [0.2, 0.25) is 0 Å². The average Bonchev–Trinajstić information content (AvgIpc) is 2.93. The molecule has 1 aliphatic heterocycles. The van der Waals surface area contributed by atoms with Crippen LogP contribution in [0.3, 0.4) is 0 Å². The number of hydrogen-bond acceptors (Lipinski definition) is 10. The van der Waals surface area contributed by atoms with Gasteiger partial charge in [-0.2, -0.15) is 0 Å². The number of carbonyl (C=O) groups excluding carboxylic acids is 1. The molecule has 0 saturated heterocycles. The molecule has 0 aliphatic carbocycles. The minimum atomic E-state index is -0.693. The summed E-state index contributed by atoms with van der Waals surface area (Å²) in [5, 5.41) is 40.4. The fourth-order valence-corrected chi connectivity index (χ4v) is 4.74. The van der Waals surface area contributed by atoms with Crippen molar-refractivity contribution in [2.45, 2.75) is 12.5 Å².